The molecular formula is C14H15N5O. The molecule has 1 N–H and O–H groups in total. The average Bonchev–Trinajstić information content (AvgIpc) is 2.79. The second kappa shape index (κ2) is 4.80. The van der Waals surface area contributed by atoms with E-state index in [0.29, 0.717) is 11.6 Å². The third kappa shape index (κ3) is 2.16. The minimum atomic E-state index is 0.583. The molecule has 0 aliphatic carbocycles. The van der Waals surface area contributed by atoms with Crippen molar-refractivity contribution in [1.82, 2.24) is 19.6 Å². The molecule has 0 aliphatic rings. The Morgan fingerprint density at radius 1 is 1.15 bits per heavy atom. The van der Waals surface area contributed by atoms with E-state index in [1.165, 1.54) is 0 Å². The van der Waals surface area contributed by atoms with Crippen LogP contribution in [0, 0.1) is 13.8 Å². The van der Waals surface area contributed by atoms with Crippen molar-refractivity contribution in [3.63, 3.8) is 0 Å². The van der Waals surface area contributed by atoms with Gasteiger partial charge in [-0.3, -0.25) is 0 Å². The van der Waals surface area contributed by atoms with Crippen LogP contribution in [0.4, 0.5) is 11.5 Å². The molecule has 0 saturated heterocycles. The van der Waals surface area contributed by atoms with Crippen LogP contribution in [0.5, 0.6) is 5.75 Å². The molecule has 102 valence electrons. The molecule has 3 aromatic rings. The summed E-state index contributed by atoms with van der Waals surface area (Å²) in [5.41, 5.74) is 1.75. The molecule has 2 aromatic heterocycles. The minimum Gasteiger partial charge on any atom is -0.495 e. The Hall–Kier alpha value is -2.63. The summed E-state index contributed by atoms with van der Waals surface area (Å²) in [4.78, 5) is 8.65. The summed E-state index contributed by atoms with van der Waals surface area (Å²) in [6.07, 6.45) is 0. The summed E-state index contributed by atoms with van der Waals surface area (Å²) in [7, 11) is 1.65. The number of benzene rings is 1. The number of aromatic nitrogens is 4. The Balaban J connectivity index is 2.10. The van der Waals surface area contributed by atoms with Gasteiger partial charge in [-0.25, -0.2) is 4.98 Å². The van der Waals surface area contributed by atoms with E-state index in [1.807, 2.05) is 44.2 Å². The summed E-state index contributed by atoms with van der Waals surface area (Å²) in [6.45, 7) is 3.77. The molecule has 0 aliphatic heterocycles. The average molecular weight is 269 g/mol. The molecule has 3 rings (SSSR count). The molecule has 6 nitrogen and oxygen atoms in total. The Bertz CT molecular complexity index is 765. The van der Waals surface area contributed by atoms with Crippen LogP contribution in [0.1, 0.15) is 11.5 Å². The third-order valence-electron chi connectivity index (χ3n) is 2.92. The highest BCUT2D eigenvalue weighted by Gasteiger charge is 2.09. The quantitative estimate of drug-likeness (QED) is 0.791. The molecule has 0 unspecified atom stereocenters. The van der Waals surface area contributed by atoms with Crippen LogP contribution in [0.3, 0.4) is 0 Å². The standard InChI is InChI=1S/C14H15N5O/c1-9-8-13(19-14(15-9)16-10(2)18-19)17-11-6-4-5-7-12(11)20-3/h4-8,17H,1-3H3. The van der Waals surface area contributed by atoms with Gasteiger partial charge in [0.2, 0.25) is 0 Å². The lowest BCUT2D eigenvalue weighted by molar-refractivity contribution is 0.417. The Kier molecular flexibility index (Phi) is 2.98. The van der Waals surface area contributed by atoms with Gasteiger partial charge in [0.15, 0.2) is 0 Å². The molecule has 0 bridgehead atoms. The summed E-state index contributed by atoms with van der Waals surface area (Å²) in [5.74, 6) is 2.84. The number of nitrogens with one attached hydrogen (secondary N) is 1. The number of nitrogens with zero attached hydrogens (tertiary/aromatic N) is 4. The molecule has 6 heteroatoms. The first kappa shape index (κ1) is 12.4. The zero-order valence-corrected chi connectivity index (χ0v) is 11.6. The number of hydrogen-bond donors (Lipinski definition) is 1. The van der Waals surface area contributed by atoms with Crippen molar-refractivity contribution in [1.29, 1.82) is 0 Å². The molecular weight excluding hydrogens is 254 g/mol. The van der Waals surface area contributed by atoms with E-state index in [4.69, 9.17) is 4.74 Å². The summed E-state index contributed by atoms with van der Waals surface area (Å²) < 4.78 is 7.03. The zero-order valence-electron chi connectivity index (χ0n) is 11.6. The van der Waals surface area contributed by atoms with Crippen molar-refractivity contribution < 1.29 is 4.74 Å². The Morgan fingerprint density at radius 3 is 2.75 bits per heavy atom. The van der Waals surface area contributed by atoms with E-state index in [2.05, 4.69) is 20.4 Å². The first-order valence-electron chi connectivity index (χ1n) is 6.28. The highest BCUT2D eigenvalue weighted by Crippen LogP contribution is 2.27. The molecule has 0 amide bonds. The van der Waals surface area contributed by atoms with Gasteiger partial charge < -0.3 is 10.1 Å². The molecule has 0 fully saturated rings. The number of hydrogen-bond acceptors (Lipinski definition) is 5. The lowest BCUT2D eigenvalue weighted by atomic mass is 10.3. The van der Waals surface area contributed by atoms with Crippen LogP contribution >= 0.6 is 0 Å². The largest absolute Gasteiger partial charge is 0.495 e. The topological polar surface area (TPSA) is 64.3 Å². The summed E-state index contributed by atoms with van der Waals surface area (Å²) in [6, 6.07) is 9.65. The van der Waals surface area contributed by atoms with E-state index in [1.54, 1.807) is 11.6 Å². The van der Waals surface area contributed by atoms with Gasteiger partial charge in [-0.05, 0) is 26.0 Å². The molecule has 0 atom stereocenters. The van der Waals surface area contributed by atoms with Crippen LogP contribution < -0.4 is 10.1 Å². The molecule has 20 heavy (non-hydrogen) atoms. The molecule has 0 saturated carbocycles. The third-order valence-corrected chi connectivity index (χ3v) is 2.92. The summed E-state index contributed by atoms with van der Waals surface area (Å²) in [5, 5.41) is 7.66. The number of rotatable bonds is 3. The number of para-hydroxylation sites is 2. The van der Waals surface area contributed by atoms with Gasteiger partial charge in [-0.2, -0.15) is 9.50 Å². The first-order chi connectivity index (χ1) is 9.67. The fourth-order valence-corrected chi connectivity index (χ4v) is 2.06. The lowest BCUT2D eigenvalue weighted by Gasteiger charge is -2.11. The number of methoxy groups -OCH3 is 1. The maximum Gasteiger partial charge on any atom is 0.254 e. The highest BCUT2D eigenvalue weighted by atomic mass is 16.5. The van der Waals surface area contributed by atoms with Crippen molar-refractivity contribution in [3.05, 3.63) is 41.9 Å². The van der Waals surface area contributed by atoms with Crippen molar-refractivity contribution in [2.24, 2.45) is 0 Å². The van der Waals surface area contributed by atoms with Gasteiger partial charge in [0, 0.05) is 11.8 Å². The van der Waals surface area contributed by atoms with Crippen LogP contribution in [0.2, 0.25) is 0 Å². The monoisotopic (exact) mass is 269 g/mol. The van der Waals surface area contributed by atoms with Crippen molar-refractivity contribution in [2.45, 2.75) is 13.8 Å². The molecule has 1 aromatic carbocycles. The molecule has 2 heterocycles. The van der Waals surface area contributed by atoms with Crippen molar-refractivity contribution in [3.8, 4) is 5.75 Å². The van der Waals surface area contributed by atoms with Gasteiger partial charge in [-0.15, -0.1) is 5.10 Å². The Morgan fingerprint density at radius 2 is 1.95 bits per heavy atom. The predicted octanol–water partition coefficient (Wildman–Crippen LogP) is 2.49. The van der Waals surface area contributed by atoms with Crippen LogP contribution in [0.15, 0.2) is 30.3 Å². The van der Waals surface area contributed by atoms with Crippen LogP contribution in [-0.2, 0) is 0 Å². The minimum absolute atomic E-state index is 0.583. The molecule has 0 radical (unpaired) electrons. The number of aryl methyl sites for hydroxylation is 2. The second-order valence-corrected chi connectivity index (χ2v) is 4.48. The number of fused-ring (bicyclic) bond motifs is 1. The maximum atomic E-state index is 5.34. The second-order valence-electron chi connectivity index (χ2n) is 4.48. The maximum absolute atomic E-state index is 5.34. The normalized spacial score (nSPS) is 10.8. The van der Waals surface area contributed by atoms with Crippen LogP contribution in [0.25, 0.3) is 5.78 Å². The smallest absolute Gasteiger partial charge is 0.254 e. The van der Waals surface area contributed by atoms with E-state index in [-0.39, 0.29) is 0 Å². The van der Waals surface area contributed by atoms with Gasteiger partial charge in [0.1, 0.15) is 17.4 Å². The lowest BCUT2D eigenvalue weighted by Crippen LogP contribution is -2.03. The van der Waals surface area contributed by atoms with E-state index in [0.717, 1.165) is 22.9 Å². The van der Waals surface area contributed by atoms with Crippen molar-refractivity contribution >= 4 is 17.3 Å². The SMILES string of the molecule is COc1ccccc1Nc1cc(C)nc2nc(C)nn12. The van der Waals surface area contributed by atoms with E-state index >= 15 is 0 Å². The predicted molar refractivity (Wildman–Crippen MR) is 76.5 cm³/mol. The fraction of sp³-hybridized carbons (Fsp3) is 0.214. The van der Waals surface area contributed by atoms with Gasteiger partial charge >= 0.3 is 0 Å². The zero-order chi connectivity index (χ0) is 14.1. The van der Waals surface area contributed by atoms with Gasteiger partial charge in [0.05, 0.1) is 12.8 Å². The number of anilines is 2. The highest BCUT2D eigenvalue weighted by molar-refractivity contribution is 5.65. The summed E-state index contributed by atoms with van der Waals surface area (Å²) >= 11 is 0. The Labute approximate surface area is 116 Å². The fourth-order valence-electron chi connectivity index (χ4n) is 2.06. The molecule has 0 spiro atoms. The van der Waals surface area contributed by atoms with Gasteiger partial charge in [0.25, 0.3) is 5.78 Å². The van der Waals surface area contributed by atoms with Crippen LogP contribution in [-0.4, -0.2) is 26.7 Å². The first-order valence-corrected chi connectivity index (χ1v) is 6.28. The van der Waals surface area contributed by atoms with E-state index in [9.17, 15) is 0 Å². The van der Waals surface area contributed by atoms with E-state index < -0.39 is 0 Å². The van der Waals surface area contributed by atoms with Gasteiger partial charge in [-0.1, -0.05) is 12.1 Å². The number of ether oxygens (including phenoxy) is 1. The van der Waals surface area contributed by atoms with Crippen molar-refractivity contribution in [2.75, 3.05) is 12.4 Å².